The lowest BCUT2D eigenvalue weighted by molar-refractivity contribution is 0.208. The summed E-state index contributed by atoms with van der Waals surface area (Å²) in [6.45, 7) is 5.76. The topological polar surface area (TPSA) is 23.5 Å². The van der Waals surface area contributed by atoms with Gasteiger partial charge in [0.1, 0.15) is 5.75 Å². The van der Waals surface area contributed by atoms with E-state index >= 15 is 0 Å². The van der Waals surface area contributed by atoms with Crippen LogP contribution < -0.4 is 0 Å². The van der Waals surface area contributed by atoms with Crippen LogP contribution in [0.5, 0.6) is 5.75 Å². The molecule has 17 heavy (non-hydrogen) atoms. The third-order valence-corrected chi connectivity index (χ3v) is 4.19. The number of hydrogen-bond acceptors (Lipinski definition) is 2. The lowest BCUT2D eigenvalue weighted by atomic mass is 9.90. The Morgan fingerprint density at radius 1 is 1.47 bits per heavy atom. The summed E-state index contributed by atoms with van der Waals surface area (Å²) in [7, 11) is 0. The first-order valence-corrected chi connectivity index (χ1v) is 7.20. The fraction of sp³-hybridized carbons (Fsp3) is 0.571. The van der Waals surface area contributed by atoms with E-state index in [4.69, 9.17) is 0 Å². The summed E-state index contributed by atoms with van der Waals surface area (Å²) in [5.41, 5.74) is 1.26. The highest BCUT2D eigenvalue weighted by atomic mass is 79.9. The number of piperidine rings is 1. The van der Waals surface area contributed by atoms with Crippen molar-refractivity contribution in [3.05, 3.63) is 28.2 Å². The Morgan fingerprint density at radius 2 is 2.29 bits per heavy atom. The summed E-state index contributed by atoms with van der Waals surface area (Å²) in [5, 5.41) is 9.60. The zero-order valence-electron chi connectivity index (χ0n) is 10.3. The molecule has 1 saturated heterocycles. The lowest BCUT2D eigenvalue weighted by Crippen LogP contribution is -2.34. The van der Waals surface area contributed by atoms with E-state index in [1.165, 1.54) is 37.9 Å². The van der Waals surface area contributed by atoms with E-state index in [2.05, 4.69) is 27.8 Å². The summed E-state index contributed by atoms with van der Waals surface area (Å²) >= 11 is 3.60. The van der Waals surface area contributed by atoms with Crippen LogP contribution in [0.15, 0.2) is 22.7 Å². The van der Waals surface area contributed by atoms with Crippen LogP contribution in [0.4, 0.5) is 0 Å². The van der Waals surface area contributed by atoms with Crippen molar-refractivity contribution < 1.29 is 5.11 Å². The van der Waals surface area contributed by atoms with Crippen molar-refractivity contribution in [2.45, 2.75) is 32.1 Å². The van der Waals surface area contributed by atoms with Gasteiger partial charge in [0.25, 0.3) is 0 Å². The molecule has 0 radical (unpaired) electrons. The van der Waals surface area contributed by atoms with E-state index in [1.54, 1.807) is 6.07 Å². The molecule has 0 saturated carbocycles. The normalized spacial score (nSPS) is 21.6. The van der Waals surface area contributed by atoms with Crippen molar-refractivity contribution in [3.63, 3.8) is 0 Å². The molecule has 3 heteroatoms. The van der Waals surface area contributed by atoms with Gasteiger partial charge in [0.05, 0.1) is 0 Å². The maximum atomic E-state index is 9.60. The second kappa shape index (κ2) is 5.87. The van der Waals surface area contributed by atoms with E-state index < -0.39 is 0 Å². The number of aromatic hydroxyl groups is 1. The van der Waals surface area contributed by atoms with Gasteiger partial charge in [-0.1, -0.05) is 22.9 Å². The SMILES string of the molecule is CCCN1CCCC(c2cc(O)ccc2Br)C1. The average Bonchev–Trinajstić information content (AvgIpc) is 2.33. The zero-order valence-corrected chi connectivity index (χ0v) is 11.9. The Morgan fingerprint density at radius 3 is 3.06 bits per heavy atom. The summed E-state index contributed by atoms with van der Waals surface area (Å²) in [6, 6.07) is 5.59. The van der Waals surface area contributed by atoms with E-state index in [1.807, 2.05) is 12.1 Å². The number of phenolic OH excluding ortho intramolecular Hbond substituents is 1. The lowest BCUT2D eigenvalue weighted by Gasteiger charge is -2.33. The first-order chi connectivity index (χ1) is 8.20. The number of benzene rings is 1. The minimum atomic E-state index is 0.371. The van der Waals surface area contributed by atoms with Gasteiger partial charge in [0.15, 0.2) is 0 Å². The van der Waals surface area contributed by atoms with Crippen molar-refractivity contribution in [2.75, 3.05) is 19.6 Å². The Balaban J connectivity index is 2.13. The Bertz CT molecular complexity index is 378. The number of halogens is 1. The van der Waals surface area contributed by atoms with Crippen LogP contribution in [0.1, 0.15) is 37.7 Å². The molecule has 1 aliphatic rings. The molecular formula is C14H20BrNO. The third-order valence-electron chi connectivity index (χ3n) is 3.46. The second-order valence-electron chi connectivity index (χ2n) is 4.85. The van der Waals surface area contributed by atoms with E-state index in [0.29, 0.717) is 11.7 Å². The van der Waals surface area contributed by atoms with Crippen LogP contribution in [0, 0.1) is 0 Å². The van der Waals surface area contributed by atoms with Gasteiger partial charge in [-0.15, -0.1) is 0 Å². The van der Waals surface area contributed by atoms with E-state index in [-0.39, 0.29) is 0 Å². The molecule has 0 aliphatic carbocycles. The fourth-order valence-corrected chi connectivity index (χ4v) is 3.24. The minimum Gasteiger partial charge on any atom is -0.508 e. The van der Waals surface area contributed by atoms with E-state index in [0.717, 1.165) is 11.0 Å². The van der Waals surface area contributed by atoms with Crippen molar-refractivity contribution in [1.82, 2.24) is 4.90 Å². The quantitative estimate of drug-likeness (QED) is 0.919. The number of likely N-dealkylation sites (tertiary alicyclic amines) is 1. The number of rotatable bonds is 3. The molecular weight excluding hydrogens is 278 g/mol. The largest absolute Gasteiger partial charge is 0.508 e. The standard InChI is InChI=1S/C14H20BrNO/c1-2-7-16-8-3-4-11(10-16)13-9-12(17)5-6-14(13)15/h5-6,9,11,17H,2-4,7-8,10H2,1H3. The predicted molar refractivity (Wildman–Crippen MR) is 74.5 cm³/mol. The van der Waals surface area contributed by atoms with Gasteiger partial charge in [0.2, 0.25) is 0 Å². The molecule has 0 bridgehead atoms. The Labute approximate surface area is 112 Å². The molecule has 1 heterocycles. The van der Waals surface area contributed by atoms with Crippen LogP contribution in [-0.4, -0.2) is 29.6 Å². The second-order valence-corrected chi connectivity index (χ2v) is 5.70. The first-order valence-electron chi connectivity index (χ1n) is 6.41. The molecule has 2 nitrogen and oxygen atoms in total. The molecule has 0 spiro atoms. The molecule has 1 N–H and O–H groups in total. The summed E-state index contributed by atoms with van der Waals surface area (Å²) in [6.07, 6.45) is 3.70. The Hall–Kier alpha value is -0.540. The molecule has 1 atom stereocenters. The van der Waals surface area contributed by atoms with Gasteiger partial charge < -0.3 is 10.0 Å². The van der Waals surface area contributed by atoms with Gasteiger partial charge in [0, 0.05) is 11.0 Å². The van der Waals surface area contributed by atoms with Gasteiger partial charge in [-0.05, 0) is 62.0 Å². The van der Waals surface area contributed by atoms with Gasteiger partial charge >= 0.3 is 0 Å². The van der Waals surface area contributed by atoms with Crippen molar-refractivity contribution in [1.29, 1.82) is 0 Å². The molecule has 1 aromatic carbocycles. The molecule has 1 aliphatic heterocycles. The Kier molecular flexibility index (Phi) is 4.46. The summed E-state index contributed by atoms with van der Waals surface area (Å²) in [4.78, 5) is 2.53. The van der Waals surface area contributed by atoms with Gasteiger partial charge in [-0.3, -0.25) is 0 Å². The number of nitrogens with zero attached hydrogens (tertiary/aromatic N) is 1. The van der Waals surface area contributed by atoms with Crippen LogP contribution in [0.3, 0.4) is 0 Å². The summed E-state index contributed by atoms with van der Waals surface area (Å²) < 4.78 is 1.12. The highest BCUT2D eigenvalue weighted by molar-refractivity contribution is 9.10. The molecule has 0 aromatic heterocycles. The summed E-state index contributed by atoms with van der Waals surface area (Å²) in [5.74, 6) is 0.924. The first kappa shape index (κ1) is 12.9. The van der Waals surface area contributed by atoms with E-state index in [9.17, 15) is 5.11 Å². The van der Waals surface area contributed by atoms with Gasteiger partial charge in [-0.2, -0.15) is 0 Å². The zero-order chi connectivity index (χ0) is 12.3. The van der Waals surface area contributed by atoms with Crippen LogP contribution >= 0.6 is 15.9 Å². The van der Waals surface area contributed by atoms with Crippen molar-refractivity contribution in [3.8, 4) is 5.75 Å². The maximum Gasteiger partial charge on any atom is 0.115 e. The van der Waals surface area contributed by atoms with Crippen LogP contribution in [-0.2, 0) is 0 Å². The number of phenols is 1. The highest BCUT2D eigenvalue weighted by Crippen LogP contribution is 2.34. The minimum absolute atomic E-state index is 0.371. The molecule has 0 amide bonds. The molecule has 1 fully saturated rings. The fourth-order valence-electron chi connectivity index (χ4n) is 2.67. The maximum absolute atomic E-state index is 9.60. The monoisotopic (exact) mass is 297 g/mol. The number of hydrogen-bond donors (Lipinski definition) is 1. The van der Waals surface area contributed by atoms with Crippen molar-refractivity contribution >= 4 is 15.9 Å². The van der Waals surface area contributed by atoms with Crippen molar-refractivity contribution in [2.24, 2.45) is 0 Å². The molecule has 1 unspecified atom stereocenters. The third kappa shape index (κ3) is 3.23. The molecule has 94 valence electrons. The highest BCUT2D eigenvalue weighted by Gasteiger charge is 2.22. The average molecular weight is 298 g/mol. The molecule has 2 rings (SSSR count). The van der Waals surface area contributed by atoms with Crippen LogP contribution in [0.2, 0.25) is 0 Å². The smallest absolute Gasteiger partial charge is 0.115 e. The van der Waals surface area contributed by atoms with Gasteiger partial charge in [-0.25, -0.2) is 0 Å². The van der Waals surface area contributed by atoms with Crippen LogP contribution in [0.25, 0.3) is 0 Å². The molecule has 1 aromatic rings. The predicted octanol–water partition coefficient (Wildman–Crippen LogP) is 3.74.